The van der Waals surface area contributed by atoms with Gasteiger partial charge in [0.05, 0.1) is 30.5 Å². The zero-order valence-electron chi connectivity index (χ0n) is 32.6. The highest BCUT2D eigenvalue weighted by Gasteiger charge is 2.92. The first-order chi connectivity index (χ1) is 26.3. The number of unbranched alkanes of at least 4 members (excludes halogenated alkanes) is 5. The van der Waals surface area contributed by atoms with Gasteiger partial charge in [-0.05, 0) is 44.4 Å². The molecule has 0 aromatic heterocycles. The van der Waals surface area contributed by atoms with Crippen molar-refractivity contribution in [3.63, 3.8) is 0 Å². The van der Waals surface area contributed by atoms with Crippen LogP contribution in [0.15, 0.2) is 30.3 Å². The van der Waals surface area contributed by atoms with Gasteiger partial charge in [0.2, 0.25) is 0 Å². The second-order valence-corrected chi connectivity index (χ2v) is 17.2. The molecule has 1 heterocycles. The molecule has 15 atom stereocenters. The fraction of sp³-hybridized carbons (Fsp3) is 0.780. The Labute approximate surface area is 322 Å². The van der Waals surface area contributed by atoms with E-state index in [1.165, 1.54) is 7.11 Å². The third-order valence-electron chi connectivity index (χ3n) is 14.9. The van der Waals surface area contributed by atoms with Crippen molar-refractivity contribution in [2.45, 2.75) is 118 Å². The number of rotatable bonds is 17. The Hall–Kier alpha value is -2.69. The molecule has 1 saturated heterocycles. The third kappa shape index (κ3) is 5.75. The van der Waals surface area contributed by atoms with Gasteiger partial charge in [-0.25, -0.2) is 4.79 Å². The second-order valence-electron chi connectivity index (χ2n) is 17.2. The Bertz CT molecular complexity index is 1580. The number of carboxylic acids is 1. The van der Waals surface area contributed by atoms with E-state index in [9.17, 15) is 29.7 Å². The van der Waals surface area contributed by atoms with Crippen LogP contribution in [-0.4, -0.2) is 146 Å². The Balaban J connectivity index is 1.34. The van der Waals surface area contributed by atoms with Gasteiger partial charge in [-0.1, -0.05) is 43.9 Å². The summed E-state index contributed by atoms with van der Waals surface area (Å²) >= 11 is 0. The molecular formula is C41H59NO13. The summed E-state index contributed by atoms with van der Waals surface area (Å²) in [5, 5.41) is 46.8. The first-order valence-electron chi connectivity index (χ1n) is 19.9. The average molecular weight is 774 g/mol. The number of hydrogen-bond donors (Lipinski definition) is 4. The van der Waals surface area contributed by atoms with E-state index in [1.54, 1.807) is 51.7 Å². The summed E-state index contributed by atoms with van der Waals surface area (Å²) < 4.78 is 38.1. The molecule has 4 N–H and O–H groups in total. The highest BCUT2D eigenvalue weighted by Crippen LogP contribution is 2.80. The normalized spacial score (nSPS) is 43.6. The Morgan fingerprint density at radius 1 is 0.873 bits per heavy atom. The van der Waals surface area contributed by atoms with E-state index in [2.05, 4.69) is 4.90 Å². The SMILES string of the molecule is COC[C@]12CN(C)C3[C@@H]4[C@H](OC)[C@H]1[C@@]3([C@@H](OC)C[C@H]2O)[C@@H]1C[C@@]2(O)[C@H](OC(=O)c3ccccc3)[C@@H]1[C@]4(OC(=O)CCCCCCCCC(=O)O)[C@@H](O)[C@@H]2OC. The van der Waals surface area contributed by atoms with Crippen LogP contribution in [0.4, 0.5) is 0 Å². The molecule has 14 nitrogen and oxygen atoms in total. The molecule has 6 fully saturated rings. The quantitative estimate of drug-likeness (QED) is 0.133. The fourth-order valence-corrected chi connectivity index (χ4v) is 13.5. The van der Waals surface area contributed by atoms with Gasteiger partial charge in [0.25, 0.3) is 0 Å². The van der Waals surface area contributed by atoms with Crippen LogP contribution in [0.25, 0.3) is 0 Å². The number of benzene rings is 1. The minimum atomic E-state index is -1.88. The summed E-state index contributed by atoms with van der Waals surface area (Å²) in [5.74, 6) is -4.59. The maximum Gasteiger partial charge on any atom is 0.338 e. The molecular weight excluding hydrogens is 714 g/mol. The van der Waals surface area contributed by atoms with Crippen LogP contribution >= 0.6 is 0 Å². The molecule has 0 radical (unpaired) electrons. The van der Waals surface area contributed by atoms with E-state index in [1.807, 2.05) is 7.05 Å². The molecule has 1 unspecified atom stereocenters. The topological polar surface area (TPSA) is 191 Å². The number of fused-ring (bicyclic) bond motifs is 2. The maximum absolute atomic E-state index is 14.3. The van der Waals surface area contributed by atoms with Gasteiger partial charge in [0.1, 0.15) is 23.9 Å². The van der Waals surface area contributed by atoms with Crippen LogP contribution < -0.4 is 0 Å². The van der Waals surface area contributed by atoms with Crippen LogP contribution in [0, 0.1) is 34.5 Å². The molecule has 1 aromatic carbocycles. The molecule has 55 heavy (non-hydrogen) atoms. The van der Waals surface area contributed by atoms with Crippen LogP contribution in [0.2, 0.25) is 0 Å². The molecule has 6 aliphatic rings. The van der Waals surface area contributed by atoms with Gasteiger partial charge >= 0.3 is 17.9 Å². The van der Waals surface area contributed by atoms with Crippen molar-refractivity contribution in [1.29, 1.82) is 0 Å². The summed E-state index contributed by atoms with van der Waals surface area (Å²) in [4.78, 5) is 41.4. The third-order valence-corrected chi connectivity index (χ3v) is 14.9. The van der Waals surface area contributed by atoms with Gasteiger partial charge in [0.15, 0.2) is 5.60 Å². The summed E-state index contributed by atoms with van der Waals surface area (Å²) in [6.45, 7) is 0.654. The number of methoxy groups -OCH3 is 4. The van der Waals surface area contributed by atoms with Crippen molar-refractivity contribution in [3.05, 3.63) is 35.9 Å². The van der Waals surface area contributed by atoms with Crippen molar-refractivity contribution >= 4 is 17.9 Å². The van der Waals surface area contributed by atoms with Crippen LogP contribution in [-0.2, 0) is 38.0 Å². The lowest BCUT2D eigenvalue weighted by Crippen LogP contribution is -2.81. The molecule has 0 amide bonds. The molecule has 7 bridgehead atoms. The van der Waals surface area contributed by atoms with Gasteiger partial charge in [-0.2, -0.15) is 0 Å². The minimum Gasteiger partial charge on any atom is -0.481 e. The van der Waals surface area contributed by atoms with Crippen molar-refractivity contribution in [2.24, 2.45) is 34.5 Å². The van der Waals surface area contributed by atoms with E-state index in [0.717, 1.165) is 25.7 Å². The maximum atomic E-state index is 14.3. The highest BCUT2D eigenvalue weighted by atomic mass is 16.6. The lowest BCUT2D eigenvalue weighted by molar-refractivity contribution is -0.321. The first-order valence-corrected chi connectivity index (χ1v) is 19.9. The van der Waals surface area contributed by atoms with Crippen LogP contribution in [0.1, 0.15) is 74.6 Å². The number of piperidine rings is 1. The molecule has 14 heteroatoms. The number of carboxylic acid groups (broad SMARTS) is 1. The number of nitrogens with zero attached hydrogens (tertiary/aromatic N) is 1. The minimum absolute atomic E-state index is 0.0458. The van der Waals surface area contributed by atoms with Crippen molar-refractivity contribution in [1.82, 2.24) is 4.90 Å². The first kappa shape index (κ1) is 40.5. The number of hydrogen-bond acceptors (Lipinski definition) is 13. The molecule has 1 aromatic rings. The summed E-state index contributed by atoms with van der Waals surface area (Å²) in [5.41, 5.74) is -5.01. The number of esters is 2. The highest BCUT2D eigenvalue weighted by molar-refractivity contribution is 5.89. The molecule has 7 rings (SSSR count). The number of likely N-dealkylation sites (tertiary alicyclic amines) is 1. The number of aliphatic carboxylic acids is 1. The summed E-state index contributed by atoms with van der Waals surface area (Å²) in [7, 11) is 8.22. The lowest BCUT2D eigenvalue weighted by atomic mass is 9.42. The second kappa shape index (κ2) is 15.2. The Morgan fingerprint density at radius 3 is 2.16 bits per heavy atom. The number of carbonyl (C=O) groups excluding carboxylic acids is 2. The Kier molecular flexibility index (Phi) is 11.2. The van der Waals surface area contributed by atoms with Gasteiger partial charge in [-0.15, -0.1) is 0 Å². The molecule has 306 valence electrons. The van der Waals surface area contributed by atoms with E-state index < -0.39 is 106 Å². The van der Waals surface area contributed by atoms with Crippen molar-refractivity contribution < 1.29 is 63.2 Å². The summed E-state index contributed by atoms with van der Waals surface area (Å²) in [6.07, 6.45) is -1.30. The van der Waals surface area contributed by atoms with Crippen molar-refractivity contribution in [3.8, 4) is 0 Å². The predicted molar refractivity (Wildman–Crippen MR) is 195 cm³/mol. The zero-order chi connectivity index (χ0) is 39.5. The van der Waals surface area contributed by atoms with Gasteiger partial charge < -0.3 is 53.7 Å². The monoisotopic (exact) mass is 773 g/mol. The van der Waals surface area contributed by atoms with E-state index in [4.69, 9.17) is 33.5 Å². The molecule has 1 aliphatic heterocycles. The van der Waals surface area contributed by atoms with Crippen molar-refractivity contribution in [2.75, 3.05) is 48.6 Å². The fourth-order valence-electron chi connectivity index (χ4n) is 13.5. The van der Waals surface area contributed by atoms with Gasteiger partial charge in [-0.3, -0.25) is 9.59 Å². The molecule has 5 aliphatic carbocycles. The lowest BCUT2D eigenvalue weighted by Gasteiger charge is -2.70. The number of aliphatic hydroxyl groups excluding tert-OH is 2. The largest absolute Gasteiger partial charge is 0.481 e. The zero-order valence-corrected chi connectivity index (χ0v) is 32.6. The predicted octanol–water partition coefficient (Wildman–Crippen LogP) is 2.44. The molecule has 1 spiro atoms. The number of ether oxygens (including phenoxy) is 6. The van der Waals surface area contributed by atoms with E-state index in [0.29, 0.717) is 25.8 Å². The van der Waals surface area contributed by atoms with E-state index >= 15 is 0 Å². The van der Waals surface area contributed by atoms with Crippen LogP contribution in [0.5, 0.6) is 0 Å². The van der Waals surface area contributed by atoms with Crippen LogP contribution in [0.3, 0.4) is 0 Å². The Morgan fingerprint density at radius 2 is 1.55 bits per heavy atom. The standard InChI is InChI=1S/C41H59NO13/c1-42-21-38(22-50-2)25(43)19-26(51-3)40-24-20-39(49)35(54-37(48)23-15-11-10-12-16-23)29(24)41(34(47)36(39)53-5,30(33(40)42)31(52-4)32(38)40)55-28(46)18-14-9-7-6-8-13-17-27(44)45/h10-12,15-16,24-26,29-36,43,47,49H,6-9,13-14,17-22H2,1-5H3,(H,44,45)/t24-,25-,26+,29-,30+,31+,32-,33?,34+,35-,36+,38+,39-,40+,41-/m1/s1. The van der Waals surface area contributed by atoms with Gasteiger partial charge in [0, 0.05) is 88.9 Å². The number of carbonyl (C=O) groups is 3. The van der Waals surface area contributed by atoms with E-state index in [-0.39, 0.29) is 31.4 Å². The average Bonchev–Trinajstić information content (AvgIpc) is 3.55. The smallest absolute Gasteiger partial charge is 0.338 e. The number of aliphatic hydroxyl groups is 3. The molecule has 5 saturated carbocycles. The summed E-state index contributed by atoms with van der Waals surface area (Å²) in [6, 6.07) is 8.10.